The average molecular weight is 261 g/mol. The summed E-state index contributed by atoms with van der Waals surface area (Å²) in [4.78, 5) is 11.4. The van der Waals surface area contributed by atoms with Gasteiger partial charge in [0, 0.05) is 5.56 Å². The monoisotopic (exact) mass is 260 g/mol. The van der Waals surface area contributed by atoms with E-state index in [0.29, 0.717) is 29.9 Å². The number of hydrogen-bond acceptors (Lipinski definition) is 2. The molecule has 0 heterocycles. The highest BCUT2D eigenvalue weighted by atomic mass is 35.5. The van der Waals surface area contributed by atoms with Gasteiger partial charge in [-0.25, -0.2) is 4.39 Å². The van der Waals surface area contributed by atoms with Gasteiger partial charge in [0.25, 0.3) is 0 Å². The maximum atomic E-state index is 13.7. The second kappa shape index (κ2) is 6.60. The molecule has 0 fully saturated rings. The molecule has 2 nitrogen and oxygen atoms in total. The first-order chi connectivity index (χ1) is 7.52. The molecule has 1 aromatic rings. The number of carbonyl (C=O) groups is 1. The highest BCUT2D eigenvalue weighted by molar-refractivity contribution is 6.31. The third-order valence-electron chi connectivity index (χ3n) is 2.29. The van der Waals surface area contributed by atoms with Crippen molar-refractivity contribution in [3.63, 3.8) is 0 Å². The number of Topliss-reactive ketones (excluding diaryl/α,β-unsaturated/α-hetero) is 1. The first kappa shape index (κ1) is 15.9. The molecule has 0 amide bonds. The van der Waals surface area contributed by atoms with E-state index in [2.05, 4.69) is 0 Å². The number of ketones is 1. The van der Waals surface area contributed by atoms with Crippen molar-refractivity contribution < 1.29 is 13.9 Å². The van der Waals surface area contributed by atoms with Crippen LogP contribution in [0.25, 0.3) is 0 Å². The lowest BCUT2D eigenvalue weighted by Crippen LogP contribution is -2.06. The Morgan fingerprint density at radius 3 is 2.47 bits per heavy atom. The molecule has 1 rings (SSSR count). The Kier molecular flexibility index (Phi) is 6.18. The van der Waals surface area contributed by atoms with Gasteiger partial charge < -0.3 is 4.74 Å². The van der Waals surface area contributed by atoms with Crippen LogP contribution >= 0.6 is 11.6 Å². The fraction of sp³-hybridized carbons (Fsp3) is 0.462. The van der Waals surface area contributed by atoms with Crippen LogP contribution in [0.3, 0.4) is 0 Å². The number of hydrogen-bond donors (Lipinski definition) is 0. The Balaban J connectivity index is 0.00000256. The molecular weight excluding hydrogens is 243 g/mol. The summed E-state index contributed by atoms with van der Waals surface area (Å²) in [5.74, 6) is -0.364. The minimum Gasteiger partial charge on any atom is -0.493 e. The molecule has 0 spiro atoms. The number of benzene rings is 1. The summed E-state index contributed by atoms with van der Waals surface area (Å²) in [6.07, 6.45) is 0.433. The normalized spacial score (nSPS) is 9.71. The summed E-state index contributed by atoms with van der Waals surface area (Å²) in [6, 6.07) is 1.32. The predicted molar refractivity (Wildman–Crippen MR) is 68.7 cm³/mol. The van der Waals surface area contributed by atoms with Crippen molar-refractivity contribution >= 4 is 17.4 Å². The largest absolute Gasteiger partial charge is 0.493 e. The zero-order chi connectivity index (χ0) is 12.3. The van der Waals surface area contributed by atoms with Crippen LogP contribution in [0.4, 0.5) is 4.39 Å². The molecule has 0 unspecified atom stereocenters. The van der Waals surface area contributed by atoms with E-state index in [1.54, 1.807) is 13.8 Å². The first-order valence-electron chi connectivity index (χ1n) is 5.17. The minimum absolute atomic E-state index is 0. The van der Waals surface area contributed by atoms with Gasteiger partial charge in [-0.15, -0.1) is 0 Å². The van der Waals surface area contributed by atoms with Gasteiger partial charge in [-0.1, -0.05) is 26.0 Å². The quantitative estimate of drug-likeness (QED) is 0.756. The average Bonchev–Trinajstić information content (AvgIpc) is 2.23. The first-order valence-corrected chi connectivity index (χ1v) is 5.55. The van der Waals surface area contributed by atoms with Gasteiger partial charge in [0.1, 0.15) is 11.6 Å². The third-order valence-corrected chi connectivity index (χ3v) is 2.56. The van der Waals surface area contributed by atoms with Gasteiger partial charge in [-0.05, 0) is 26.3 Å². The Hall–Kier alpha value is -1.09. The van der Waals surface area contributed by atoms with Crippen molar-refractivity contribution in [2.75, 3.05) is 6.61 Å². The third kappa shape index (κ3) is 3.19. The highest BCUT2D eigenvalue weighted by Crippen LogP contribution is 2.32. The molecule has 0 aliphatic heterocycles. The van der Waals surface area contributed by atoms with Gasteiger partial charge in [0.15, 0.2) is 5.78 Å². The fourth-order valence-corrected chi connectivity index (χ4v) is 1.77. The van der Waals surface area contributed by atoms with Crippen LogP contribution in [-0.2, 0) is 6.42 Å². The molecular formula is C13H18ClFO2. The van der Waals surface area contributed by atoms with Crippen LogP contribution in [0, 0.1) is 5.82 Å². The van der Waals surface area contributed by atoms with Crippen molar-refractivity contribution in [2.45, 2.75) is 34.6 Å². The van der Waals surface area contributed by atoms with Crippen LogP contribution < -0.4 is 4.74 Å². The second-order valence-corrected chi connectivity index (χ2v) is 3.78. The number of halogens is 2. The Bertz CT molecular complexity index is 416. The molecule has 0 N–H and O–H groups in total. The lowest BCUT2D eigenvalue weighted by atomic mass is 10.0. The van der Waals surface area contributed by atoms with Crippen molar-refractivity contribution in [1.82, 2.24) is 0 Å². The molecule has 17 heavy (non-hydrogen) atoms. The van der Waals surface area contributed by atoms with E-state index in [4.69, 9.17) is 16.3 Å². The Labute approximate surface area is 107 Å². The minimum atomic E-state index is -0.502. The van der Waals surface area contributed by atoms with Crippen LogP contribution in [0.2, 0.25) is 5.02 Å². The molecule has 0 aromatic heterocycles. The topological polar surface area (TPSA) is 26.3 Å². The summed E-state index contributed by atoms with van der Waals surface area (Å²) in [7, 11) is 0. The van der Waals surface area contributed by atoms with Crippen molar-refractivity contribution in [3.05, 3.63) is 28.0 Å². The predicted octanol–water partition coefficient (Wildman–Crippen LogP) is 4.28. The van der Waals surface area contributed by atoms with E-state index in [1.807, 2.05) is 0 Å². The van der Waals surface area contributed by atoms with Crippen LogP contribution in [0.15, 0.2) is 6.07 Å². The highest BCUT2D eigenvalue weighted by Gasteiger charge is 2.19. The molecule has 0 bridgehead atoms. The summed E-state index contributed by atoms with van der Waals surface area (Å²) in [5.41, 5.74) is 0.699. The fourth-order valence-electron chi connectivity index (χ4n) is 1.55. The van der Waals surface area contributed by atoms with E-state index in [9.17, 15) is 9.18 Å². The van der Waals surface area contributed by atoms with E-state index >= 15 is 0 Å². The zero-order valence-corrected chi connectivity index (χ0v) is 10.3. The maximum Gasteiger partial charge on any atom is 0.163 e. The summed E-state index contributed by atoms with van der Waals surface area (Å²) in [6.45, 7) is 5.37. The Morgan fingerprint density at radius 1 is 1.47 bits per heavy atom. The van der Waals surface area contributed by atoms with Gasteiger partial charge in [0.2, 0.25) is 0 Å². The molecule has 1 aromatic carbocycles. The number of rotatable bonds is 4. The molecule has 0 radical (unpaired) electrons. The van der Waals surface area contributed by atoms with E-state index in [1.165, 1.54) is 13.0 Å². The van der Waals surface area contributed by atoms with Gasteiger partial charge in [0.05, 0.1) is 17.2 Å². The molecule has 0 saturated heterocycles. The lowest BCUT2D eigenvalue weighted by molar-refractivity contribution is 0.101. The van der Waals surface area contributed by atoms with Gasteiger partial charge in [-0.2, -0.15) is 0 Å². The number of carbonyl (C=O) groups excluding carboxylic acids is 1. The van der Waals surface area contributed by atoms with E-state index in [0.717, 1.165) is 0 Å². The molecule has 96 valence electrons. The van der Waals surface area contributed by atoms with Crippen molar-refractivity contribution in [1.29, 1.82) is 0 Å². The summed E-state index contributed by atoms with van der Waals surface area (Å²) in [5, 5.41) is -0.0366. The SMILES string of the molecule is C.CCOc1c(C(C)=O)cc(Cl)c(F)c1CC. The van der Waals surface area contributed by atoms with Crippen molar-refractivity contribution in [3.8, 4) is 5.75 Å². The molecule has 0 aliphatic rings. The van der Waals surface area contributed by atoms with Crippen LogP contribution in [0.1, 0.15) is 44.1 Å². The Morgan fingerprint density at radius 2 is 2.06 bits per heavy atom. The van der Waals surface area contributed by atoms with Gasteiger partial charge in [-0.3, -0.25) is 4.79 Å². The second-order valence-electron chi connectivity index (χ2n) is 3.37. The molecule has 0 saturated carbocycles. The zero-order valence-electron chi connectivity index (χ0n) is 9.56. The summed E-state index contributed by atoms with van der Waals surface area (Å²) >= 11 is 5.73. The van der Waals surface area contributed by atoms with E-state index < -0.39 is 5.82 Å². The molecule has 0 aliphatic carbocycles. The summed E-state index contributed by atoms with van der Waals surface area (Å²) < 4.78 is 19.0. The lowest BCUT2D eigenvalue weighted by Gasteiger charge is -2.14. The standard InChI is InChI=1S/C12H14ClFO2.CH4/c1-4-8-11(14)10(13)6-9(7(3)15)12(8)16-5-2;/h6H,4-5H2,1-3H3;1H4. The van der Waals surface area contributed by atoms with Crippen molar-refractivity contribution in [2.24, 2.45) is 0 Å². The number of ether oxygens (including phenoxy) is 1. The molecule has 4 heteroatoms. The van der Waals surface area contributed by atoms with Gasteiger partial charge >= 0.3 is 0 Å². The van der Waals surface area contributed by atoms with Crippen LogP contribution in [-0.4, -0.2) is 12.4 Å². The maximum absolute atomic E-state index is 13.7. The smallest absolute Gasteiger partial charge is 0.163 e. The van der Waals surface area contributed by atoms with Crippen LogP contribution in [0.5, 0.6) is 5.75 Å². The van der Waals surface area contributed by atoms with E-state index in [-0.39, 0.29) is 18.2 Å². The molecule has 0 atom stereocenters.